The largest absolute Gasteiger partial charge is 0.352 e. The average Bonchev–Trinajstić information content (AvgIpc) is 2.58. The maximum absolute atomic E-state index is 12.8. The number of hydrogen-bond donors (Lipinski definition) is 2. The number of nitrogens with one attached hydrogen (secondary N) is 2. The number of amides is 1. The van der Waals surface area contributed by atoms with E-state index in [2.05, 4.69) is 10.0 Å². The van der Waals surface area contributed by atoms with Gasteiger partial charge >= 0.3 is 0 Å². The van der Waals surface area contributed by atoms with Crippen molar-refractivity contribution in [1.82, 2.24) is 10.0 Å². The summed E-state index contributed by atoms with van der Waals surface area (Å²) in [6.45, 7) is 0.583. The number of carbonyl (C=O) groups is 1. The SMILES string of the molecule is O=C(CCCNS(=O)(=O)c1ccc(F)cc1)NCc1ccccc1. The first-order chi connectivity index (χ1) is 11.5. The Labute approximate surface area is 141 Å². The lowest BCUT2D eigenvalue weighted by molar-refractivity contribution is -0.121. The topological polar surface area (TPSA) is 75.3 Å². The van der Waals surface area contributed by atoms with E-state index in [0.717, 1.165) is 17.7 Å². The summed E-state index contributed by atoms with van der Waals surface area (Å²) < 4.78 is 39.1. The smallest absolute Gasteiger partial charge is 0.240 e. The van der Waals surface area contributed by atoms with Crippen molar-refractivity contribution in [3.63, 3.8) is 0 Å². The van der Waals surface area contributed by atoms with Gasteiger partial charge in [0.2, 0.25) is 15.9 Å². The molecule has 0 aromatic heterocycles. The van der Waals surface area contributed by atoms with Gasteiger partial charge in [-0.05, 0) is 36.2 Å². The number of benzene rings is 2. The maximum atomic E-state index is 12.8. The fourth-order valence-corrected chi connectivity index (χ4v) is 3.11. The Balaban J connectivity index is 1.70. The van der Waals surface area contributed by atoms with Gasteiger partial charge in [0.25, 0.3) is 0 Å². The van der Waals surface area contributed by atoms with Crippen LogP contribution < -0.4 is 10.0 Å². The van der Waals surface area contributed by atoms with Crippen LogP contribution in [0.25, 0.3) is 0 Å². The molecule has 0 bridgehead atoms. The summed E-state index contributed by atoms with van der Waals surface area (Å²) in [6.07, 6.45) is 0.597. The second kappa shape index (κ2) is 8.56. The molecule has 0 aliphatic heterocycles. The highest BCUT2D eigenvalue weighted by Gasteiger charge is 2.13. The van der Waals surface area contributed by atoms with Crippen LogP contribution in [0.2, 0.25) is 0 Å². The molecule has 0 atom stereocenters. The molecule has 0 heterocycles. The number of halogens is 1. The van der Waals surface area contributed by atoms with Gasteiger partial charge in [-0.2, -0.15) is 0 Å². The van der Waals surface area contributed by atoms with Gasteiger partial charge in [-0.1, -0.05) is 30.3 Å². The van der Waals surface area contributed by atoms with Gasteiger partial charge in [-0.25, -0.2) is 17.5 Å². The third kappa shape index (κ3) is 5.75. The molecule has 128 valence electrons. The Morgan fingerprint density at radius 2 is 1.67 bits per heavy atom. The summed E-state index contributed by atoms with van der Waals surface area (Å²) in [6, 6.07) is 14.1. The van der Waals surface area contributed by atoms with Crippen LogP contribution >= 0.6 is 0 Å². The molecule has 2 N–H and O–H groups in total. The van der Waals surface area contributed by atoms with Gasteiger partial charge in [0.1, 0.15) is 5.82 Å². The lowest BCUT2D eigenvalue weighted by Crippen LogP contribution is -2.27. The average molecular weight is 350 g/mol. The maximum Gasteiger partial charge on any atom is 0.240 e. The van der Waals surface area contributed by atoms with Crippen molar-refractivity contribution in [2.45, 2.75) is 24.3 Å². The van der Waals surface area contributed by atoms with Gasteiger partial charge in [0.15, 0.2) is 0 Å². The van der Waals surface area contributed by atoms with Gasteiger partial charge in [-0.15, -0.1) is 0 Å². The summed E-state index contributed by atoms with van der Waals surface area (Å²) in [5.41, 5.74) is 1.00. The molecular formula is C17H19FN2O3S. The molecular weight excluding hydrogens is 331 g/mol. The molecule has 0 unspecified atom stereocenters. The minimum absolute atomic E-state index is 0.00238. The molecule has 2 aromatic rings. The molecule has 2 aromatic carbocycles. The Morgan fingerprint density at radius 1 is 1.00 bits per heavy atom. The minimum atomic E-state index is -3.68. The second-order valence-corrected chi connectivity index (χ2v) is 6.98. The third-order valence-electron chi connectivity index (χ3n) is 3.33. The van der Waals surface area contributed by atoms with E-state index < -0.39 is 15.8 Å². The third-order valence-corrected chi connectivity index (χ3v) is 4.81. The van der Waals surface area contributed by atoms with E-state index in [1.165, 1.54) is 12.1 Å². The fraction of sp³-hybridized carbons (Fsp3) is 0.235. The molecule has 0 spiro atoms. The van der Waals surface area contributed by atoms with Crippen LogP contribution in [-0.2, 0) is 21.4 Å². The Hall–Kier alpha value is -2.25. The van der Waals surface area contributed by atoms with E-state index >= 15 is 0 Å². The molecule has 0 fully saturated rings. The zero-order chi connectivity index (χ0) is 17.4. The second-order valence-electron chi connectivity index (χ2n) is 5.22. The van der Waals surface area contributed by atoms with Crippen LogP contribution in [0.1, 0.15) is 18.4 Å². The Morgan fingerprint density at radius 3 is 2.33 bits per heavy atom. The Kier molecular flexibility index (Phi) is 6.45. The molecule has 0 aliphatic carbocycles. The first-order valence-corrected chi connectivity index (χ1v) is 9.01. The highest BCUT2D eigenvalue weighted by molar-refractivity contribution is 7.89. The van der Waals surface area contributed by atoms with Crippen molar-refractivity contribution in [3.8, 4) is 0 Å². The molecule has 7 heteroatoms. The Bertz CT molecular complexity index is 762. The highest BCUT2D eigenvalue weighted by Crippen LogP contribution is 2.09. The molecule has 0 radical (unpaired) electrons. The molecule has 24 heavy (non-hydrogen) atoms. The lowest BCUT2D eigenvalue weighted by atomic mass is 10.2. The summed E-state index contributed by atoms with van der Waals surface area (Å²) in [5.74, 6) is -0.635. The van der Waals surface area contributed by atoms with Crippen LogP contribution in [0.3, 0.4) is 0 Å². The van der Waals surface area contributed by atoms with Crippen molar-refractivity contribution < 1.29 is 17.6 Å². The van der Waals surface area contributed by atoms with Crippen LogP contribution in [0, 0.1) is 5.82 Å². The van der Waals surface area contributed by atoms with E-state index in [9.17, 15) is 17.6 Å². The van der Waals surface area contributed by atoms with Crippen molar-refractivity contribution in [1.29, 1.82) is 0 Å². The van der Waals surface area contributed by atoms with E-state index in [-0.39, 0.29) is 23.8 Å². The number of rotatable bonds is 8. The van der Waals surface area contributed by atoms with E-state index in [4.69, 9.17) is 0 Å². The van der Waals surface area contributed by atoms with Crippen molar-refractivity contribution in [2.75, 3.05) is 6.54 Å². The normalized spacial score (nSPS) is 11.2. The molecule has 0 saturated heterocycles. The molecule has 0 saturated carbocycles. The number of carbonyl (C=O) groups excluding carboxylic acids is 1. The van der Waals surface area contributed by atoms with E-state index in [0.29, 0.717) is 13.0 Å². The summed E-state index contributed by atoms with van der Waals surface area (Å²) in [5, 5.41) is 2.78. The molecule has 0 aliphatic rings. The fourth-order valence-electron chi connectivity index (χ4n) is 2.04. The van der Waals surface area contributed by atoms with Crippen LogP contribution in [-0.4, -0.2) is 20.9 Å². The van der Waals surface area contributed by atoms with Gasteiger partial charge < -0.3 is 5.32 Å². The van der Waals surface area contributed by atoms with E-state index in [1.807, 2.05) is 30.3 Å². The van der Waals surface area contributed by atoms with Crippen LogP contribution in [0.5, 0.6) is 0 Å². The van der Waals surface area contributed by atoms with Crippen LogP contribution in [0.15, 0.2) is 59.5 Å². The van der Waals surface area contributed by atoms with Crippen molar-refractivity contribution in [2.24, 2.45) is 0 Å². The first kappa shape index (κ1) is 18.1. The van der Waals surface area contributed by atoms with Crippen molar-refractivity contribution in [3.05, 3.63) is 66.0 Å². The number of hydrogen-bond acceptors (Lipinski definition) is 3. The lowest BCUT2D eigenvalue weighted by Gasteiger charge is -2.07. The summed E-state index contributed by atoms with van der Waals surface area (Å²) in [4.78, 5) is 11.7. The van der Waals surface area contributed by atoms with Gasteiger partial charge in [0.05, 0.1) is 4.90 Å². The summed E-state index contributed by atoms with van der Waals surface area (Å²) >= 11 is 0. The number of sulfonamides is 1. The van der Waals surface area contributed by atoms with Crippen molar-refractivity contribution >= 4 is 15.9 Å². The monoisotopic (exact) mass is 350 g/mol. The van der Waals surface area contributed by atoms with E-state index in [1.54, 1.807) is 0 Å². The summed E-state index contributed by atoms with van der Waals surface area (Å²) in [7, 11) is -3.68. The molecule has 2 rings (SSSR count). The zero-order valence-electron chi connectivity index (χ0n) is 13.0. The highest BCUT2D eigenvalue weighted by atomic mass is 32.2. The quantitative estimate of drug-likeness (QED) is 0.717. The van der Waals surface area contributed by atoms with Gasteiger partial charge in [0, 0.05) is 19.5 Å². The first-order valence-electron chi connectivity index (χ1n) is 7.53. The predicted octanol–water partition coefficient (Wildman–Crippen LogP) is 2.20. The molecule has 1 amide bonds. The minimum Gasteiger partial charge on any atom is -0.352 e. The molecule has 5 nitrogen and oxygen atoms in total. The zero-order valence-corrected chi connectivity index (χ0v) is 13.9. The predicted molar refractivity (Wildman–Crippen MR) is 89.1 cm³/mol. The van der Waals surface area contributed by atoms with Gasteiger partial charge in [-0.3, -0.25) is 4.79 Å². The standard InChI is InChI=1S/C17H19FN2O3S/c18-15-8-10-16(11-9-15)24(22,23)20-12-4-7-17(21)19-13-14-5-2-1-3-6-14/h1-3,5-6,8-11,20H,4,7,12-13H2,(H,19,21). The van der Waals surface area contributed by atoms with Crippen LogP contribution in [0.4, 0.5) is 4.39 Å².